The van der Waals surface area contributed by atoms with Gasteiger partial charge in [0.2, 0.25) is 5.91 Å². The van der Waals surface area contributed by atoms with Crippen LogP contribution in [0.3, 0.4) is 0 Å². The number of ether oxygens (including phenoxy) is 1. The number of carbonyl (C=O) groups excluding carboxylic acids is 3. The summed E-state index contributed by atoms with van der Waals surface area (Å²) >= 11 is 0. The van der Waals surface area contributed by atoms with E-state index in [1.54, 1.807) is 17.0 Å². The zero-order valence-corrected chi connectivity index (χ0v) is 19.7. The predicted octanol–water partition coefficient (Wildman–Crippen LogP) is 3.40. The molecule has 0 spiro atoms. The molecule has 2 aliphatic heterocycles. The van der Waals surface area contributed by atoms with Crippen LogP contribution in [0.2, 0.25) is 0 Å². The number of benzene rings is 1. The molecule has 8 heteroatoms. The van der Waals surface area contributed by atoms with Crippen molar-refractivity contribution >= 4 is 17.7 Å². The summed E-state index contributed by atoms with van der Waals surface area (Å²) in [6, 6.07) is 10.7. The van der Waals surface area contributed by atoms with Gasteiger partial charge in [-0.3, -0.25) is 14.4 Å². The third-order valence-electron chi connectivity index (χ3n) is 6.71. The van der Waals surface area contributed by atoms with Crippen LogP contribution in [0.15, 0.2) is 47.1 Å². The SMILES string of the molecule is CCC(NC(=O)C1CCN(C(=O)c2ccco2)CC1)c1ccccc1OCC(=O)N1CCCC1. The number of nitrogens with one attached hydrogen (secondary N) is 1. The van der Waals surface area contributed by atoms with Crippen LogP contribution in [-0.2, 0) is 9.59 Å². The quantitative estimate of drug-likeness (QED) is 0.642. The number of para-hydroxylation sites is 1. The van der Waals surface area contributed by atoms with Crippen LogP contribution in [0, 0.1) is 5.92 Å². The third kappa shape index (κ3) is 5.61. The number of rotatable bonds is 8. The van der Waals surface area contributed by atoms with Crippen molar-refractivity contribution in [2.45, 2.75) is 45.1 Å². The average molecular weight is 468 g/mol. The van der Waals surface area contributed by atoms with Gasteiger partial charge in [0, 0.05) is 37.7 Å². The van der Waals surface area contributed by atoms with Gasteiger partial charge in [-0.05, 0) is 50.3 Å². The molecule has 1 aromatic heterocycles. The summed E-state index contributed by atoms with van der Waals surface area (Å²) < 4.78 is 11.1. The van der Waals surface area contributed by atoms with E-state index in [0.717, 1.165) is 31.5 Å². The van der Waals surface area contributed by atoms with Crippen LogP contribution in [0.1, 0.15) is 61.2 Å². The van der Waals surface area contributed by atoms with Crippen LogP contribution >= 0.6 is 0 Å². The van der Waals surface area contributed by atoms with Gasteiger partial charge in [0.05, 0.1) is 12.3 Å². The maximum atomic E-state index is 13.1. The van der Waals surface area contributed by atoms with Crippen LogP contribution in [-0.4, -0.2) is 60.3 Å². The van der Waals surface area contributed by atoms with Gasteiger partial charge in [0.15, 0.2) is 12.4 Å². The van der Waals surface area contributed by atoms with E-state index < -0.39 is 0 Å². The Bertz CT molecular complexity index is 976. The normalized spacial score (nSPS) is 17.4. The molecule has 8 nitrogen and oxygen atoms in total. The highest BCUT2D eigenvalue weighted by Gasteiger charge is 2.30. The Balaban J connectivity index is 1.33. The molecule has 34 heavy (non-hydrogen) atoms. The van der Waals surface area contributed by atoms with Gasteiger partial charge in [0.25, 0.3) is 11.8 Å². The Hall–Kier alpha value is -3.29. The van der Waals surface area contributed by atoms with Crippen LogP contribution in [0.4, 0.5) is 0 Å². The minimum absolute atomic E-state index is 0.000225. The monoisotopic (exact) mass is 467 g/mol. The van der Waals surface area contributed by atoms with Crippen molar-refractivity contribution < 1.29 is 23.5 Å². The predicted molar refractivity (Wildman–Crippen MR) is 126 cm³/mol. The molecule has 1 unspecified atom stereocenters. The molecule has 0 saturated carbocycles. The minimum atomic E-state index is -0.214. The van der Waals surface area contributed by atoms with Gasteiger partial charge in [-0.15, -0.1) is 0 Å². The first-order valence-electron chi connectivity index (χ1n) is 12.2. The van der Waals surface area contributed by atoms with E-state index in [4.69, 9.17) is 9.15 Å². The summed E-state index contributed by atoms with van der Waals surface area (Å²) in [5, 5.41) is 3.17. The van der Waals surface area contributed by atoms with Crippen molar-refractivity contribution in [3.8, 4) is 5.75 Å². The zero-order chi connectivity index (χ0) is 23.9. The number of carbonyl (C=O) groups is 3. The lowest BCUT2D eigenvalue weighted by molar-refractivity contribution is -0.132. The fourth-order valence-corrected chi connectivity index (χ4v) is 4.69. The smallest absolute Gasteiger partial charge is 0.289 e. The maximum Gasteiger partial charge on any atom is 0.289 e. The van der Waals surface area contributed by atoms with Crippen LogP contribution < -0.4 is 10.1 Å². The molecule has 2 aliphatic rings. The molecule has 1 N–H and O–H groups in total. The highest BCUT2D eigenvalue weighted by molar-refractivity contribution is 5.91. The van der Waals surface area contributed by atoms with Gasteiger partial charge < -0.3 is 24.3 Å². The second-order valence-electron chi connectivity index (χ2n) is 8.93. The number of nitrogens with zero attached hydrogens (tertiary/aromatic N) is 2. The number of likely N-dealkylation sites (tertiary alicyclic amines) is 2. The highest BCUT2D eigenvalue weighted by atomic mass is 16.5. The first-order chi connectivity index (χ1) is 16.6. The van der Waals surface area contributed by atoms with Gasteiger partial charge in [-0.2, -0.15) is 0 Å². The van der Waals surface area contributed by atoms with Crippen LogP contribution in [0.25, 0.3) is 0 Å². The molecule has 2 aromatic rings. The lowest BCUT2D eigenvalue weighted by Crippen LogP contribution is -2.43. The Morgan fingerprint density at radius 1 is 1.03 bits per heavy atom. The minimum Gasteiger partial charge on any atom is -0.483 e. The first-order valence-corrected chi connectivity index (χ1v) is 12.2. The lowest BCUT2D eigenvalue weighted by Gasteiger charge is -2.32. The molecule has 182 valence electrons. The second kappa shape index (κ2) is 11.2. The Kier molecular flexibility index (Phi) is 7.87. The molecular formula is C26H33N3O5. The largest absolute Gasteiger partial charge is 0.483 e. The standard InChI is InChI=1S/C26H33N3O5/c1-2-21(20-8-3-4-9-22(20)34-18-24(30)28-13-5-6-14-28)27-25(31)19-11-15-29(16-12-19)26(32)23-10-7-17-33-23/h3-4,7-10,17,19,21H,2,5-6,11-16,18H2,1H3,(H,27,31). The molecule has 3 amide bonds. The Morgan fingerprint density at radius 2 is 1.76 bits per heavy atom. The number of piperidine rings is 1. The fraction of sp³-hybridized carbons (Fsp3) is 0.500. The third-order valence-corrected chi connectivity index (χ3v) is 6.71. The second-order valence-corrected chi connectivity index (χ2v) is 8.93. The topological polar surface area (TPSA) is 92.1 Å². The van der Waals surface area contributed by atoms with Gasteiger partial charge in [-0.1, -0.05) is 25.1 Å². The first kappa shape index (κ1) is 23.9. The maximum absolute atomic E-state index is 13.1. The lowest BCUT2D eigenvalue weighted by atomic mass is 9.94. The van der Waals surface area contributed by atoms with E-state index in [-0.39, 0.29) is 36.3 Å². The fourth-order valence-electron chi connectivity index (χ4n) is 4.69. The number of hydrogen-bond donors (Lipinski definition) is 1. The number of furan rings is 1. The van der Waals surface area contributed by atoms with Crippen molar-refractivity contribution in [1.82, 2.24) is 15.1 Å². The van der Waals surface area contributed by atoms with E-state index in [2.05, 4.69) is 5.32 Å². The summed E-state index contributed by atoms with van der Waals surface area (Å²) in [6.07, 6.45) is 5.49. The van der Waals surface area contributed by atoms with E-state index in [9.17, 15) is 14.4 Å². The van der Waals surface area contributed by atoms with Gasteiger partial charge in [0.1, 0.15) is 5.75 Å². The summed E-state index contributed by atoms with van der Waals surface area (Å²) in [5.74, 6) is 0.652. The molecule has 4 rings (SSSR count). The van der Waals surface area contributed by atoms with Gasteiger partial charge in [-0.25, -0.2) is 0 Å². The summed E-state index contributed by atoms with van der Waals surface area (Å²) in [4.78, 5) is 41.5. The number of amides is 3. The number of hydrogen-bond acceptors (Lipinski definition) is 5. The molecule has 1 aromatic carbocycles. The molecular weight excluding hydrogens is 434 g/mol. The molecule has 0 radical (unpaired) electrons. The molecule has 2 saturated heterocycles. The van der Waals surface area contributed by atoms with Crippen LogP contribution in [0.5, 0.6) is 5.75 Å². The van der Waals surface area contributed by atoms with Gasteiger partial charge >= 0.3 is 0 Å². The van der Waals surface area contributed by atoms with E-state index in [0.29, 0.717) is 43.9 Å². The van der Waals surface area contributed by atoms with Crippen molar-refractivity contribution in [1.29, 1.82) is 0 Å². The van der Waals surface area contributed by atoms with E-state index in [1.807, 2.05) is 36.1 Å². The molecule has 3 heterocycles. The van der Waals surface area contributed by atoms with Crippen molar-refractivity contribution in [2.75, 3.05) is 32.8 Å². The van der Waals surface area contributed by atoms with Crippen molar-refractivity contribution in [3.05, 3.63) is 54.0 Å². The molecule has 0 aliphatic carbocycles. The zero-order valence-electron chi connectivity index (χ0n) is 19.7. The highest BCUT2D eigenvalue weighted by Crippen LogP contribution is 2.29. The summed E-state index contributed by atoms with van der Waals surface area (Å²) in [6.45, 7) is 4.65. The molecule has 2 fully saturated rings. The summed E-state index contributed by atoms with van der Waals surface area (Å²) in [5.41, 5.74) is 0.873. The van der Waals surface area contributed by atoms with Crippen molar-refractivity contribution in [2.24, 2.45) is 5.92 Å². The van der Waals surface area contributed by atoms with E-state index in [1.165, 1.54) is 6.26 Å². The molecule has 1 atom stereocenters. The Morgan fingerprint density at radius 3 is 2.44 bits per heavy atom. The summed E-state index contributed by atoms with van der Waals surface area (Å²) in [7, 11) is 0. The Labute approximate surface area is 200 Å². The average Bonchev–Trinajstić information content (AvgIpc) is 3.60. The van der Waals surface area contributed by atoms with Crippen molar-refractivity contribution in [3.63, 3.8) is 0 Å². The van der Waals surface area contributed by atoms with E-state index >= 15 is 0 Å². The molecule has 0 bridgehead atoms.